The average Bonchev–Trinajstić information content (AvgIpc) is 2.93. The van der Waals surface area contributed by atoms with Crippen LogP contribution < -0.4 is 5.32 Å². The quantitative estimate of drug-likeness (QED) is 0.609. The molecule has 4 nitrogen and oxygen atoms in total. The Hall–Kier alpha value is -2.46. The van der Waals surface area contributed by atoms with Crippen molar-refractivity contribution in [2.24, 2.45) is 0 Å². The normalized spacial score (nSPS) is 15.5. The van der Waals surface area contributed by atoms with E-state index in [9.17, 15) is 0 Å². The molecule has 0 atom stereocenters. The van der Waals surface area contributed by atoms with Crippen LogP contribution in [0.4, 0.5) is 0 Å². The highest BCUT2D eigenvalue weighted by molar-refractivity contribution is 5.56. The SMILES string of the molecule is Cc1nnc(-c2ccc(CNC3CCCCCC3)cc2)n1Cc1ccccc1. The van der Waals surface area contributed by atoms with Gasteiger partial charge in [0.25, 0.3) is 0 Å². The third-order valence-corrected chi connectivity index (χ3v) is 5.78. The van der Waals surface area contributed by atoms with Gasteiger partial charge in [-0.25, -0.2) is 0 Å². The summed E-state index contributed by atoms with van der Waals surface area (Å²) in [7, 11) is 0. The lowest BCUT2D eigenvalue weighted by Gasteiger charge is -2.16. The van der Waals surface area contributed by atoms with Crippen molar-refractivity contribution in [1.82, 2.24) is 20.1 Å². The van der Waals surface area contributed by atoms with Gasteiger partial charge in [0, 0.05) is 18.2 Å². The molecule has 2 aromatic carbocycles. The molecule has 0 unspecified atom stereocenters. The van der Waals surface area contributed by atoms with E-state index in [4.69, 9.17) is 0 Å². The molecule has 146 valence electrons. The molecule has 1 saturated carbocycles. The van der Waals surface area contributed by atoms with E-state index in [1.165, 1.54) is 49.7 Å². The fourth-order valence-electron chi connectivity index (χ4n) is 4.07. The van der Waals surface area contributed by atoms with Crippen LogP contribution in [0.1, 0.15) is 55.5 Å². The summed E-state index contributed by atoms with van der Waals surface area (Å²) >= 11 is 0. The van der Waals surface area contributed by atoms with Crippen LogP contribution in [-0.4, -0.2) is 20.8 Å². The molecule has 1 aromatic heterocycles. The van der Waals surface area contributed by atoms with Crippen LogP contribution in [0.3, 0.4) is 0 Å². The van der Waals surface area contributed by atoms with E-state index < -0.39 is 0 Å². The second-order valence-electron chi connectivity index (χ2n) is 7.91. The number of hydrogen-bond donors (Lipinski definition) is 1. The van der Waals surface area contributed by atoms with Gasteiger partial charge in [-0.15, -0.1) is 10.2 Å². The first-order chi connectivity index (χ1) is 13.8. The first kappa shape index (κ1) is 18.9. The highest BCUT2D eigenvalue weighted by atomic mass is 15.3. The van der Waals surface area contributed by atoms with Gasteiger partial charge in [0.15, 0.2) is 5.82 Å². The van der Waals surface area contributed by atoms with Gasteiger partial charge >= 0.3 is 0 Å². The average molecular weight is 375 g/mol. The summed E-state index contributed by atoms with van der Waals surface area (Å²) in [6.07, 6.45) is 8.17. The van der Waals surface area contributed by atoms with E-state index in [-0.39, 0.29) is 0 Å². The summed E-state index contributed by atoms with van der Waals surface area (Å²) in [6.45, 7) is 3.76. The fourth-order valence-corrected chi connectivity index (χ4v) is 4.07. The molecule has 4 rings (SSSR count). The Balaban J connectivity index is 1.44. The Morgan fingerprint density at radius 3 is 2.29 bits per heavy atom. The number of nitrogens with zero attached hydrogens (tertiary/aromatic N) is 3. The summed E-state index contributed by atoms with van der Waals surface area (Å²) in [5.74, 6) is 1.88. The molecule has 3 aromatic rings. The van der Waals surface area contributed by atoms with Gasteiger partial charge in [0.2, 0.25) is 0 Å². The van der Waals surface area contributed by atoms with Crippen molar-refractivity contribution in [3.8, 4) is 11.4 Å². The number of benzene rings is 2. The Kier molecular flexibility index (Phi) is 6.17. The molecular weight excluding hydrogens is 344 g/mol. The highest BCUT2D eigenvalue weighted by Crippen LogP contribution is 2.21. The van der Waals surface area contributed by atoms with E-state index in [2.05, 4.69) is 68.6 Å². The van der Waals surface area contributed by atoms with Crippen LogP contribution in [0.5, 0.6) is 0 Å². The van der Waals surface area contributed by atoms with Crippen molar-refractivity contribution in [2.75, 3.05) is 0 Å². The van der Waals surface area contributed by atoms with E-state index in [0.717, 1.165) is 30.3 Å². The lowest BCUT2D eigenvalue weighted by molar-refractivity contribution is 0.459. The first-order valence-electron chi connectivity index (χ1n) is 10.6. The van der Waals surface area contributed by atoms with Crippen LogP contribution >= 0.6 is 0 Å². The van der Waals surface area contributed by atoms with Gasteiger partial charge in [-0.2, -0.15) is 0 Å². The van der Waals surface area contributed by atoms with Crippen LogP contribution in [0.25, 0.3) is 11.4 Å². The monoisotopic (exact) mass is 374 g/mol. The number of aryl methyl sites for hydroxylation is 1. The Bertz CT molecular complexity index is 859. The van der Waals surface area contributed by atoms with E-state index in [0.29, 0.717) is 6.04 Å². The minimum atomic E-state index is 0.679. The van der Waals surface area contributed by atoms with Crippen molar-refractivity contribution in [2.45, 2.75) is 64.6 Å². The molecule has 1 N–H and O–H groups in total. The van der Waals surface area contributed by atoms with Crippen molar-refractivity contribution < 1.29 is 0 Å². The maximum Gasteiger partial charge on any atom is 0.164 e. The Morgan fingerprint density at radius 1 is 0.857 bits per heavy atom. The van der Waals surface area contributed by atoms with E-state index in [1.807, 2.05) is 13.0 Å². The minimum Gasteiger partial charge on any atom is -0.310 e. The Labute approximate surface area is 168 Å². The maximum absolute atomic E-state index is 4.44. The molecule has 1 fully saturated rings. The minimum absolute atomic E-state index is 0.679. The Morgan fingerprint density at radius 2 is 1.57 bits per heavy atom. The molecule has 1 heterocycles. The molecule has 0 spiro atoms. The van der Waals surface area contributed by atoms with Crippen molar-refractivity contribution >= 4 is 0 Å². The molecule has 0 aliphatic heterocycles. The van der Waals surface area contributed by atoms with Crippen LogP contribution in [0.15, 0.2) is 54.6 Å². The second kappa shape index (κ2) is 9.16. The smallest absolute Gasteiger partial charge is 0.164 e. The fraction of sp³-hybridized carbons (Fsp3) is 0.417. The predicted octanol–water partition coefficient (Wildman–Crippen LogP) is 5.11. The number of hydrogen-bond acceptors (Lipinski definition) is 3. The number of rotatable bonds is 6. The van der Waals surface area contributed by atoms with Gasteiger partial charge in [-0.05, 0) is 30.9 Å². The van der Waals surface area contributed by atoms with Gasteiger partial charge in [-0.3, -0.25) is 0 Å². The molecule has 1 aliphatic rings. The molecule has 0 radical (unpaired) electrons. The van der Waals surface area contributed by atoms with Gasteiger partial charge in [-0.1, -0.05) is 80.3 Å². The van der Waals surface area contributed by atoms with Crippen LogP contribution in [-0.2, 0) is 13.1 Å². The van der Waals surface area contributed by atoms with Gasteiger partial charge in [0.05, 0.1) is 6.54 Å². The summed E-state index contributed by atoms with van der Waals surface area (Å²) in [6, 6.07) is 20.0. The molecule has 0 bridgehead atoms. The van der Waals surface area contributed by atoms with Gasteiger partial charge < -0.3 is 9.88 Å². The van der Waals surface area contributed by atoms with Crippen molar-refractivity contribution in [3.05, 3.63) is 71.5 Å². The zero-order valence-electron chi connectivity index (χ0n) is 16.8. The van der Waals surface area contributed by atoms with Crippen molar-refractivity contribution in [1.29, 1.82) is 0 Å². The largest absolute Gasteiger partial charge is 0.310 e. The molecule has 0 amide bonds. The van der Waals surface area contributed by atoms with Gasteiger partial charge in [0.1, 0.15) is 5.82 Å². The van der Waals surface area contributed by atoms with Crippen molar-refractivity contribution in [3.63, 3.8) is 0 Å². The third kappa shape index (κ3) is 4.68. The first-order valence-corrected chi connectivity index (χ1v) is 10.6. The topological polar surface area (TPSA) is 42.7 Å². The summed E-state index contributed by atoms with van der Waals surface area (Å²) in [5.41, 5.74) is 3.71. The summed E-state index contributed by atoms with van der Waals surface area (Å²) in [5, 5.41) is 12.5. The summed E-state index contributed by atoms with van der Waals surface area (Å²) in [4.78, 5) is 0. The zero-order valence-corrected chi connectivity index (χ0v) is 16.8. The summed E-state index contributed by atoms with van der Waals surface area (Å²) < 4.78 is 2.19. The molecule has 0 saturated heterocycles. The van der Waals surface area contributed by atoms with E-state index >= 15 is 0 Å². The lowest BCUT2D eigenvalue weighted by Crippen LogP contribution is -2.27. The molecule has 1 aliphatic carbocycles. The third-order valence-electron chi connectivity index (χ3n) is 5.78. The number of nitrogens with one attached hydrogen (secondary N) is 1. The predicted molar refractivity (Wildman–Crippen MR) is 114 cm³/mol. The zero-order chi connectivity index (χ0) is 19.2. The lowest BCUT2D eigenvalue weighted by atomic mass is 10.1. The maximum atomic E-state index is 4.44. The van der Waals surface area contributed by atoms with Crippen LogP contribution in [0, 0.1) is 6.92 Å². The highest BCUT2D eigenvalue weighted by Gasteiger charge is 2.13. The standard InChI is InChI=1S/C24H30N4/c1-19-26-27-24(28(19)18-21-9-5-4-6-10-21)22-15-13-20(14-16-22)17-25-23-11-7-2-3-8-12-23/h4-6,9-10,13-16,23,25H,2-3,7-8,11-12,17-18H2,1H3. The molecule has 28 heavy (non-hydrogen) atoms. The molecular formula is C24H30N4. The van der Waals surface area contributed by atoms with E-state index in [1.54, 1.807) is 0 Å². The molecule has 4 heteroatoms. The second-order valence-corrected chi connectivity index (χ2v) is 7.91. The number of aromatic nitrogens is 3. The van der Waals surface area contributed by atoms with Crippen LogP contribution in [0.2, 0.25) is 0 Å².